The molecule has 0 atom stereocenters. The molecule has 0 amide bonds. The Morgan fingerprint density at radius 3 is 2.50 bits per heavy atom. The quantitative estimate of drug-likeness (QED) is 0.789. The maximum atomic E-state index is 12.2. The number of nitrogens with zero attached hydrogens (tertiary/aromatic N) is 1. The van der Waals surface area contributed by atoms with Gasteiger partial charge in [-0.3, -0.25) is 4.72 Å². The Morgan fingerprint density at radius 1 is 1.20 bits per heavy atom. The summed E-state index contributed by atoms with van der Waals surface area (Å²) in [5, 5.41) is -0.0349. The molecule has 0 unspecified atom stereocenters. The van der Waals surface area contributed by atoms with Crippen molar-refractivity contribution in [2.24, 2.45) is 0 Å². The van der Waals surface area contributed by atoms with Gasteiger partial charge < -0.3 is 0 Å². The summed E-state index contributed by atoms with van der Waals surface area (Å²) in [6, 6.07) is 7.79. The van der Waals surface area contributed by atoms with Crippen LogP contribution in [0.1, 0.15) is 5.56 Å². The molecule has 106 valence electrons. The van der Waals surface area contributed by atoms with Crippen molar-refractivity contribution in [1.29, 1.82) is 0 Å². The molecule has 0 fully saturated rings. The van der Waals surface area contributed by atoms with Gasteiger partial charge >= 0.3 is 0 Å². The van der Waals surface area contributed by atoms with Gasteiger partial charge in [-0.1, -0.05) is 39.1 Å². The fourth-order valence-electron chi connectivity index (χ4n) is 1.52. The second kappa shape index (κ2) is 5.89. The average Bonchev–Trinajstić information content (AvgIpc) is 2.33. The van der Waals surface area contributed by atoms with E-state index >= 15 is 0 Å². The highest BCUT2D eigenvalue weighted by molar-refractivity contribution is 9.10. The van der Waals surface area contributed by atoms with E-state index in [2.05, 4.69) is 25.6 Å². The summed E-state index contributed by atoms with van der Waals surface area (Å²) < 4.78 is 27.8. The summed E-state index contributed by atoms with van der Waals surface area (Å²) in [4.78, 5) is 3.60. The Morgan fingerprint density at radius 2 is 1.90 bits per heavy atom. The molecule has 0 spiro atoms. The van der Waals surface area contributed by atoms with Crippen LogP contribution in [-0.4, -0.2) is 13.4 Å². The molecule has 0 bridgehead atoms. The average molecular weight is 396 g/mol. The van der Waals surface area contributed by atoms with Crippen LogP contribution < -0.4 is 4.72 Å². The van der Waals surface area contributed by atoms with Gasteiger partial charge in [-0.05, 0) is 42.8 Å². The van der Waals surface area contributed by atoms with E-state index in [4.69, 9.17) is 23.2 Å². The molecule has 0 aliphatic carbocycles. The zero-order valence-electron chi connectivity index (χ0n) is 10.2. The second-order valence-corrected chi connectivity index (χ2v) is 7.24. The number of halogens is 3. The first-order valence-electron chi connectivity index (χ1n) is 5.40. The summed E-state index contributed by atoms with van der Waals surface area (Å²) >= 11 is 14.8. The number of hydrogen-bond donors (Lipinski definition) is 1. The number of aromatic nitrogens is 1. The molecule has 8 heteroatoms. The lowest BCUT2D eigenvalue weighted by Crippen LogP contribution is -2.14. The van der Waals surface area contributed by atoms with Gasteiger partial charge in [0, 0.05) is 10.2 Å². The van der Waals surface area contributed by atoms with Crippen molar-refractivity contribution < 1.29 is 8.42 Å². The highest BCUT2D eigenvalue weighted by atomic mass is 79.9. The van der Waals surface area contributed by atoms with E-state index in [9.17, 15) is 8.42 Å². The van der Waals surface area contributed by atoms with E-state index in [-0.39, 0.29) is 15.2 Å². The fraction of sp³-hybridized carbons (Fsp3) is 0.0833. The van der Waals surface area contributed by atoms with Crippen molar-refractivity contribution in [3.63, 3.8) is 0 Å². The van der Waals surface area contributed by atoms with Crippen LogP contribution >= 0.6 is 39.1 Å². The lowest BCUT2D eigenvalue weighted by atomic mass is 10.2. The highest BCUT2D eigenvalue weighted by Crippen LogP contribution is 2.25. The number of hydrogen-bond acceptors (Lipinski definition) is 3. The number of sulfonamides is 1. The SMILES string of the molecule is Cc1cc(NS(=O)(=O)c2ccc(Cl)nc2Cl)ccc1Br. The number of nitrogens with one attached hydrogen (secondary N) is 1. The van der Waals surface area contributed by atoms with Crippen molar-refractivity contribution in [2.75, 3.05) is 4.72 Å². The lowest BCUT2D eigenvalue weighted by Gasteiger charge is -2.10. The lowest BCUT2D eigenvalue weighted by molar-refractivity contribution is 0.601. The minimum atomic E-state index is -3.81. The van der Waals surface area contributed by atoms with Crippen LogP contribution in [0.5, 0.6) is 0 Å². The Kier molecular flexibility index (Phi) is 4.59. The third kappa shape index (κ3) is 3.44. The Hall–Kier alpha value is -0.820. The normalized spacial score (nSPS) is 11.4. The van der Waals surface area contributed by atoms with Crippen LogP contribution in [0.3, 0.4) is 0 Å². The maximum Gasteiger partial charge on any atom is 0.264 e. The van der Waals surface area contributed by atoms with Crippen LogP contribution in [-0.2, 0) is 10.0 Å². The number of anilines is 1. The highest BCUT2D eigenvalue weighted by Gasteiger charge is 2.19. The first-order valence-corrected chi connectivity index (χ1v) is 8.44. The van der Waals surface area contributed by atoms with Gasteiger partial charge in [-0.15, -0.1) is 0 Å². The first kappa shape index (κ1) is 15.6. The molecule has 2 aromatic rings. The number of benzene rings is 1. The van der Waals surface area contributed by atoms with Gasteiger partial charge in [0.2, 0.25) is 0 Å². The molecule has 0 aliphatic rings. The van der Waals surface area contributed by atoms with Gasteiger partial charge in [0.05, 0.1) is 0 Å². The third-order valence-corrected chi connectivity index (χ3v) is 5.39. The zero-order chi connectivity index (χ0) is 14.9. The molecule has 0 saturated heterocycles. The molecule has 4 nitrogen and oxygen atoms in total. The molecule has 1 heterocycles. The van der Waals surface area contributed by atoms with E-state index in [0.717, 1.165) is 10.0 Å². The predicted octanol–water partition coefficient (Wildman–Crippen LogP) is 4.26. The van der Waals surface area contributed by atoms with Gasteiger partial charge in [-0.2, -0.15) is 0 Å². The molecule has 0 aliphatic heterocycles. The largest absolute Gasteiger partial charge is 0.280 e. The number of aryl methyl sites for hydroxylation is 1. The van der Waals surface area contributed by atoms with Crippen LogP contribution in [0, 0.1) is 6.92 Å². The molecule has 1 aromatic heterocycles. The standard InChI is InChI=1S/C12H9BrCl2N2O2S/c1-7-6-8(2-3-9(7)13)17-20(18,19)10-4-5-11(14)16-12(10)15/h2-6,17H,1H3. The second-order valence-electron chi connectivity index (χ2n) is 3.99. The molecule has 0 radical (unpaired) electrons. The van der Waals surface area contributed by atoms with Crippen LogP contribution in [0.2, 0.25) is 10.3 Å². The number of pyridine rings is 1. The van der Waals surface area contributed by atoms with Crippen LogP contribution in [0.4, 0.5) is 5.69 Å². The summed E-state index contributed by atoms with van der Waals surface area (Å²) in [5.74, 6) is 0. The predicted molar refractivity (Wildman–Crippen MR) is 83.9 cm³/mol. The van der Waals surface area contributed by atoms with Crippen LogP contribution in [0.15, 0.2) is 39.7 Å². The minimum absolute atomic E-state index is 0.121. The zero-order valence-corrected chi connectivity index (χ0v) is 14.1. The Balaban J connectivity index is 2.38. The molecule has 1 N–H and O–H groups in total. The molecule has 2 rings (SSSR count). The topological polar surface area (TPSA) is 59.1 Å². The van der Waals surface area contributed by atoms with E-state index in [0.29, 0.717) is 5.69 Å². The Bertz CT molecular complexity index is 766. The van der Waals surface area contributed by atoms with Crippen molar-refractivity contribution in [1.82, 2.24) is 4.98 Å². The van der Waals surface area contributed by atoms with Crippen molar-refractivity contribution in [3.8, 4) is 0 Å². The molecular formula is C12H9BrCl2N2O2S. The number of rotatable bonds is 3. The summed E-state index contributed by atoms with van der Waals surface area (Å²) in [6.07, 6.45) is 0. The first-order chi connectivity index (χ1) is 9.29. The van der Waals surface area contributed by atoms with Gasteiger partial charge in [0.25, 0.3) is 10.0 Å². The van der Waals surface area contributed by atoms with Crippen molar-refractivity contribution >= 4 is 54.8 Å². The monoisotopic (exact) mass is 394 g/mol. The summed E-state index contributed by atoms with van der Waals surface area (Å²) in [6.45, 7) is 1.86. The molecule has 1 aromatic carbocycles. The fourth-order valence-corrected chi connectivity index (χ4v) is 3.48. The summed E-state index contributed by atoms with van der Waals surface area (Å²) in [7, 11) is -3.81. The van der Waals surface area contributed by atoms with Crippen molar-refractivity contribution in [2.45, 2.75) is 11.8 Å². The van der Waals surface area contributed by atoms with Crippen molar-refractivity contribution in [3.05, 3.63) is 50.7 Å². The molecule has 0 saturated carbocycles. The third-order valence-electron chi connectivity index (χ3n) is 2.48. The van der Waals surface area contributed by atoms with Gasteiger partial charge in [0.1, 0.15) is 10.0 Å². The maximum absolute atomic E-state index is 12.2. The Labute approximate surface area is 135 Å². The molecular weight excluding hydrogens is 387 g/mol. The van der Waals surface area contributed by atoms with Crippen LogP contribution in [0.25, 0.3) is 0 Å². The van der Waals surface area contributed by atoms with E-state index in [1.807, 2.05) is 6.92 Å². The minimum Gasteiger partial charge on any atom is -0.280 e. The smallest absolute Gasteiger partial charge is 0.264 e. The molecule has 20 heavy (non-hydrogen) atoms. The van der Waals surface area contributed by atoms with E-state index in [1.165, 1.54) is 12.1 Å². The van der Waals surface area contributed by atoms with E-state index in [1.54, 1.807) is 18.2 Å². The van der Waals surface area contributed by atoms with Gasteiger partial charge in [0.15, 0.2) is 5.15 Å². The summed E-state index contributed by atoms with van der Waals surface area (Å²) in [5.41, 5.74) is 1.35. The van der Waals surface area contributed by atoms with Gasteiger partial charge in [-0.25, -0.2) is 13.4 Å². The van der Waals surface area contributed by atoms with E-state index < -0.39 is 10.0 Å².